The molecule has 2 nitrogen and oxygen atoms in total. The first-order chi connectivity index (χ1) is 2.77. The van der Waals surface area contributed by atoms with Crippen LogP contribution in [-0.4, -0.2) is 18.2 Å². The molecule has 0 rings (SSSR count). The zero-order chi connectivity index (χ0) is 4.99. The highest BCUT2D eigenvalue weighted by Crippen LogP contribution is 2.23. The Hall–Kier alpha value is 0.350. The first-order valence-corrected chi connectivity index (χ1v) is 3.49. The van der Waals surface area contributed by atoms with Gasteiger partial charge in [0.2, 0.25) is 0 Å². The van der Waals surface area contributed by atoms with Crippen LogP contribution < -0.4 is 0 Å². The standard InChI is InChI=1S/C3H9O2P/c1-3-5-6(2)4/h4H,3H2,1-2H3. The van der Waals surface area contributed by atoms with Gasteiger partial charge in [0.05, 0.1) is 6.61 Å². The fourth-order valence-corrected chi connectivity index (χ4v) is 0.561. The Labute approximate surface area is 39.0 Å². The molecule has 0 aliphatic rings. The van der Waals surface area contributed by atoms with E-state index in [2.05, 4.69) is 4.52 Å². The maximum absolute atomic E-state index is 8.39. The highest BCUT2D eigenvalue weighted by molar-refractivity contribution is 7.45. The molecule has 0 aliphatic carbocycles. The third-order valence-electron chi connectivity index (χ3n) is 0.316. The SMILES string of the molecule is CCOP(C)O. The molecule has 3 heteroatoms. The van der Waals surface area contributed by atoms with Gasteiger partial charge in [0.1, 0.15) is 0 Å². The van der Waals surface area contributed by atoms with Crippen molar-refractivity contribution < 1.29 is 9.42 Å². The van der Waals surface area contributed by atoms with Crippen LogP contribution >= 0.6 is 8.38 Å². The average Bonchev–Trinajstić information content (AvgIpc) is 1.35. The van der Waals surface area contributed by atoms with Gasteiger partial charge in [-0.2, -0.15) is 0 Å². The van der Waals surface area contributed by atoms with Crippen molar-refractivity contribution in [2.75, 3.05) is 13.3 Å². The van der Waals surface area contributed by atoms with Gasteiger partial charge in [0.25, 0.3) is 0 Å². The van der Waals surface area contributed by atoms with Crippen molar-refractivity contribution in [3.05, 3.63) is 0 Å². The predicted octanol–water partition coefficient (Wildman–Crippen LogP) is 0.957. The molecule has 0 amide bonds. The molecule has 1 unspecified atom stereocenters. The second-order valence-electron chi connectivity index (χ2n) is 0.882. The van der Waals surface area contributed by atoms with E-state index in [1.807, 2.05) is 6.92 Å². The van der Waals surface area contributed by atoms with Crippen molar-refractivity contribution in [3.8, 4) is 0 Å². The summed E-state index contributed by atoms with van der Waals surface area (Å²) < 4.78 is 4.66. The Kier molecular flexibility index (Phi) is 3.74. The van der Waals surface area contributed by atoms with Gasteiger partial charge < -0.3 is 9.42 Å². The molecule has 0 saturated heterocycles. The molecule has 0 aliphatic heterocycles. The zero-order valence-electron chi connectivity index (χ0n) is 4.01. The summed E-state index contributed by atoms with van der Waals surface area (Å²) in [6, 6.07) is 0. The molecular weight excluding hydrogens is 99.0 g/mol. The normalized spacial score (nSPS) is 14.5. The van der Waals surface area contributed by atoms with E-state index in [0.717, 1.165) is 0 Å². The molecule has 0 aromatic carbocycles. The molecule has 1 N–H and O–H groups in total. The van der Waals surface area contributed by atoms with Gasteiger partial charge in [-0.3, -0.25) is 0 Å². The summed E-state index contributed by atoms with van der Waals surface area (Å²) in [6.07, 6.45) is 0. The Morgan fingerprint density at radius 1 is 1.83 bits per heavy atom. The van der Waals surface area contributed by atoms with Gasteiger partial charge >= 0.3 is 0 Å². The van der Waals surface area contributed by atoms with Gasteiger partial charge in [-0.05, 0) is 6.92 Å². The molecule has 0 radical (unpaired) electrons. The van der Waals surface area contributed by atoms with E-state index < -0.39 is 8.38 Å². The molecule has 0 spiro atoms. The summed E-state index contributed by atoms with van der Waals surface area (Å²) in [5.74, 6) is 0. The average molecular weight is 108 g/mol. The van der Waals surface area contributed by atoms with E-state index in [9.17, 15) is 0 Å². The van der Waals surface area contributed by atoms with Gasteiger partial charge in [0.15, 0.2) is 8.38 Å². The lowest BCUT2D eigenvalue weighted by molar-refractivity contribution is 0.334. The maximum atomic E-state index is 8.39. The smallest absolute Gasteiger partial charge is 0.164 e. The van der Waals surface area contributed by atoms with Crippen molar-refractivity contribution in [2.45, 2.75) is 6.92 Å². The lowest BCUT2D eigenvalue weighted by Crippen LogP contribution is -1.77. The summed E-state index contributed by atoms with van der Waals surface area (Å²) in [7, 11) is -1.10. The third-order valence-corrected chi connectivity index (χ3v) is 0.948. The van der Waals surface area contributed by atoms with Gasteiger partial charge in [-0.1, -0.05) is 0 Å². The Morgan fingerprint density at radius 2 is 2.33 bits per heavy atom. The fourth-order valence-electron chi connectivity index (χ4n) is 0.187. The third kappa shape index (κ3) is 4.35. The van der Waals surface area contributed by atoms with Crippen LogP contribution in [0.4, 0.5) is 0 Å². The molecule has 38 valence electrons. The van der Waals surface area contributed by atoms with Gasteiger partial charge in [-0.15, -0.1) is 0 Å². The molecule has 0 aromatic rings. The van der Waals surface area contributed by atoms with E-state index in [4.69, 9.17) is 4.89 Å². The molecule has 1 atom stereocenters. The first-order valence-electron chi connectivity index (χ1n) is 1.83. The monoisotopic (exact) mass is 108 g/mol. The lowest BCUT2D eigenvalue weighted by atomic mass is 10.9. The van der Waals surface area contributed by atoms with Crippen LogP contribution in [0.25, 0.3) is 0 Å². The Morgan fingerprint density at radius 3 is 2.33 bits per heavy atom. The zero-order valence-corrected chi connectivity index (χ0v) is 4.90. The topological polar surface area (TPSA) is 29.5 Å². The van der Waals surface area contributed by atoms with Crippen LogP contribution in [0.15, 0.2) is 0 Å². The van der Waals surface area contributed by atoms with Crippen molar-refractivity contribution in [1.29, 1.82) is 0 Å². The number of rotatable bonds is 2. The van der Waals surface area contributed by atoms with Crippen LogP contribution in [0.1, 0.15) is 6.92 Å². The van der Waals surface area contributed by atoms with E-state index in [1.165, 1.54) is 0 Å². The summed E-state index contributed by atoms with van der Waals surface area (Å²) in [6.45, 7) is 4.12. The molecule has 0 heterocycles. The van der Waals surface area contributed by atoms with Crippen LogP contribution in [0.3, 0.4) is 0 Å². The minimum Gasteiger partial charge on any atom is -0.350 e. The van der Waals surface area contributed by atoms with Crippen molar-refractivity contribution in [3.63, 3.8) is 0 Å². The van der Waals surface area contributed by atoms with E-state index in [0.29, 0.717) is 6.61 Å². The van der Waals surface area contributed by atoms with E-state index in [1.54, 1.807) is 6.66 Å². The molecular formula is C3H9O2P. The van der Waals surface area contributed by atoms with Crippen LogP contribution in [0.5, 0.6) is 0 Å². The summed E-state index contributed by atoms with van der Waals surface area (Å²) in [5.41, 5.74) is 0. The van der Waals surface area contributed by atoms with E-state index in [-0.39, 0.29) is 0 Å². The molecule has 0 fully saturated rings. The quantitative estimate of drug-likeness (QED) is 0.534. The van der Waals surface area contributed by atoms with Crippen LogP contribution in [0, 0.1) is 0 Å². The maximum Gasteiger partial charge on any atom is 0.164 e. The minimum atomic E-state index is -1.10. The molecule has 0 saturated carbocycles. The molecule has 0 aromatic heterocycles. The van der Waals surface area contributed by atoms with Crippen molar-refractivity contribution >= 4 is 8.38 Å². The van der Waals surface area contributed by atoms with Crippen LogP contribution in [-0.2, 0) is 4.52 Å². The first kappa shape index (κ1) is 6.35. The van der Waals surface area contributed by atoms with Gasteiger partial charge in [-0.25, -0.2) is 0 Å². The van der Waals surface area contributed by atoms with Crippen LogP contribution in [0.2, 0.25) is 0 Å². The number of hydrogen-bond donors (Lipinski definition) is 1. The molecule has 6 heavy (non-hydrogen) atoms. The summed E-state index contributed by atoms with van der Waals surface area (Å²) in [4.78, 5) is 8.39. The Bertz CT molecular complexity index is 30.0. The Balaban J connectivity index is 2.63. The van der Waals surface area contributed by atoms with E-state index >= 15 is 0 Å². The highest BCUT2D eigenvalue weighted by atomic mass is 31.2. The van der Waals surface area contributed by atoms with Crippen molar-refractivity contribution in [1.82, 2.24) is 0 Å². The molecule has 0 bridgehead atoms. The van der Waals surface area contributed by atoms with Gasteiger partial charge in [0, 0.05) is 6.66 Å². The fraction of sp³-hybridized carbons (Fsp3) is 1.00. The summed E-state index contributed by atoms with van der Waals surface area (Å²) >= 11 is 0. The largest absolute Gasteiger partial charge is 0.350 e. The predicted molar refractivity (Wildman–Crippen MR) is 26.7 cm³/mol. The minimum absolute atomic E-state index is 0.610. The summed E-state index contributed by atoms with van der Waals surface area (Å²) in [5, 5.41) is 0. The van der Waals surface area contributed by atoms with Crippen molar-refractivity contribution in [2.24, 2.45) is 0 Å². The highest BCUT2D eigenvalue weighted by Gasteiger charge is 1.86. The second-order valence-corrected chi connectivity index (χ2v) is 2.07. The second kappa shape index (κ2) is 3.54. The lowest BCUT2D eigenvalue weighted by Gasteiger charge is -1.98. The number of hydrogen-bond acceptors (Lipinski definition) is 2.